The van der Waals surface area contributed by atoms with Gasteiger partial charge in [0.15, 0.2) is 0 Å². The second kappa shape index (κ2) is 6.35. The molecule has 0 unspecified atom stereocenters. The van der Waals surface area contributed by atoms with Crippen molar-refractivity contribution in [1.29, 1.82) is 0 Å². The van der Waals surface area contributed by atoms with Gasteiger partial charge in [0.05, 0.1) is 23.0 Å². The van der Waals surface area contributed by atoms with E-state index in [2.05, 4.69) is 20.2 Å². The number of oxime groups is 1. The van der Waals surface area contributed by atoms with Crippen molar-refractivity contribution in [3.63, 3.8) is 0 Å². The molecule has 0 aromatic carbocycles. The highest BCUT2D eigenvalue weighted by molar-refractivity contribution is 7.13. The Morgan fingerprint density at radius 1 is 1.41 bits per heavy atom. The van der Waals surface area contributed by atoms with Crippen molar-refractivity contribution in [3.8, 4) is 0 Å². The Hall–Kier alpha value is -2.09. The molecule has 2 aromatic heterocycles. The summed E-state index contributed by atoms with van der Waals surface area (Å²) in [6.45, 7) is 10.0. The first kappa shape index (κ1) is 16.3. The number of aromatic nitrogens is 4. The van der Waals surface area contributed by atoms with Crippen molar-refractivity contribution in [3.05, 3.63) is 28.2 Å². The van der Waals surface area contributed by atoms with E-state index >= 15 is 0 Å². The number of rotatable bonds is 4. The summed E-state index contributed by atoms with van der Waals surface area (Å²) in [4.78, 5) is 25.8. The van der Waals surface area contributed by atoms with Crippen LogP contribution >= 0.6 is 11.3 Å². The molecule has 0 saturated heterocycles. The summed E-state index contributed by atoms with van der Waals surface area (Å²) in [5.41, 5.74) is 1.10. The summed E-state index contributed by atoms with van der Waals surface area (Å²) in [7, 11) is 0. The second-order valence-electron chi connectivity index (χ2n) is 5.91. The zero-order valence-corrected chi connectivity index (χ0v) is 14.1. The first-order valence-corrected chi connectivity index (χ1v) is 7.64. The monoisotopic (exact) mass is 321 g/mol. The van der Waals surface area contributed by atoms with Gasteiger partial charge in [0, 0.05) is 5.41 Å². The number of aryl methyl sites for hydroxylation is 2. The SMILES string of the molecule is Cc1nc(C)c(C(=O)O/N=C(\Cn2cncn2)C(C)(C)C)s1. The Morgan fingerprint density at radius 3 is 2.64 bits per heavy atom. The van der Waals surface area contributed by atoms with Crippen LogP contribution in [0.15, 0.2) is 17.8 Å². The lowest BCUT2D eigenvalue weighted by Gasteiger charge is -2.20. The molecule has 2 heterocycles. The summed E-state index contributed by atoms with van der Waals surface area (Å²) >= 11 is 1.30. The minimum atomic E-state index is -0.483. The Bertz CT molecular complexity index is 683. The van der Waals surface area contributed by atoms with Crippen molar-refractivity contribution >= 4 is 23.0 Å². The number of carbonyl (C=O) groups excluding carboxylic acids is 1. The van der Waals surface area contributed by atoms with Crippen molar-refractivity contribution in [1.82, 2.24) is 19.7 Å². The summed E-state index contributed by atoms with van der Waals surface area (Å²) in [5, 5.41) is 8.93. The molecule has 0 spiro atoms. The minimum Gasteiger partial charge on any atom is -0.312 e. The van der Waals surface area contributed by atoms with Crippen LogP contribution in [-0.2, 0) is 11.4 Å². The number of hydrogen-bond donors (Lipinski definition) is 0. The number of thiazole rings is 1. The van der Waals surface area contributed by atoms with E-state index in [-0.39, 0.29) is 5.41 Å². The average molecular weight is 321 g/mol. The van der Waals surface area contributed by atoms with Crippen molar-refractivity contribution in [2.75, 3.05) is 0 Å². The van der Waals surface area contributed by atoms with E-state index in [0.29, 0.717) is 22.8 Å². The molecule has 118 valence electrons. The summed E-state index contributed by atoms with van der Waals surface area (Å²) in [6, 6.07) is 0. The highest BCUT2D eigenvalue weighted by Crippen LogP contribution is 2.20. The van der Waals surface area contributed by atoms with Gasteiger partial charge < -0.3 is 4.84 Å². The number of nitrogens with zero attached hydrogens (tertiary/aromatic N) is 5. The largest absolute Gasteiger partial charge is 0.377 e. The summed E-state index contributed by atoms with van der Waals surface area (Å²) < 4.78 is 1.64. The Kier molecular flexibility index (Phi) is 4.70. The zero-order chi connectivity index (χ0) is 16.3. The van der Waals surface area contributed by atoms with Crippen LogP contribution in [0.2, 0.25) is 0 Å². The van der Waals surface area contributed by atoms with Gasteiger partial charge in [0.2, 0.25) is 0 Å². The fourth-order valence-corrected chi connectivity index (χ4v) is 2.52. The number of hydrogen-bond acceptors (Lipinski definition) is 7. The van der Waals surface area contributed by atoms with E-state index in [1.807, 2.05) is 27.7 Å². The Morgan fingerprint density at radius 2 is 2.14 bits per heavy atom. The maximum Gasteiger partial charge on any atom is 0.377 e. The Labute approximate surface area is 133 Å². The van der Waals surface area contributed by atoms with E-state index < -0.39 is 5.97 Å². The van der Waals surface area contributed by atoms with Crippen LogP contribution in [0.5, 0.6) is 0 Å². The maximum atomic E-state index is 12.1. The van der Waals surface area contributed by atoms with E-state index in [9.17, 15) is 4.79 Å². The molecule has 0 aliphatic heterocycles. The van der Waals surface area contributed by atoms with Crippen LogP contribution in [0.3, 0.4) is 0 Å². The van der Waals surface area contributed by atoms with Crippen molar-refractivity contribution in [2.45, 2.75) is 41.2 Å². The predicted octanol–water partition coefficient (Wildman–Crippen LogP) is 2.61. The van der Waals surface area contributed by atoms with Gasteiger partial charge in [-0.25, -0.2) is 19.4 Å². The lowest BCUT2D eigenvalue weighted by Crippen LogP contribution is -2.26. The molecular weight excluding hydrogens is 302 g/mol. The van der Waals surface area contributed by atoms with Gasteiger partial charge in [-0.1, -0.05) is 25.9 Å². The molecule has 0 radical (unpaired) electrons. The molecular formula is C14H19N5O2S. The first-order chi connectivity index (χ1) is 10.3. The molecule has 2 rings (SSSR count). The minimum absolute atomic E-state index is 0.259. The lowest BCUT2D eigenvalue weighted by molar-refractivity contribution is 0.0515. The van der Waals surface area contributed by atoms with Gasteiger partial charge in [-0.3, -0.25) is 0 Å². The Balaban J connectivity index is 2.16. The summed E-state index contributed by atoms with van der Waals surface area (Å²) in [6.07, 6.45) is 3.05. The quantitative estimate of drug-likeness (QED) is 0.491. The molecule has 22 heavy (non-hydrogen) atoms. The van der Waals surface area contributed by atoms with Gasteiger partial charge in [-0.05, 0) is 13.8 Å². The standard InChI is InChI=1S/C14H19N5O2S/c1-9-12(22-10(2)17-9)13(20)21-18-11(14(3,4)5)6-19-8-15-7-16-19/h7-8H,6H2,1-5H3/b18-11+. The highest BCUT2D eigenvalue weighted by atomic mass is 32.1. The molecule has 0 N–H and O–H groups in total. The third-order valence-electron chi connectivity index (χ3n) is 2.97. The lowest BCUT2D eigenvalue weighted by atomic mass is 9.90. The van der Waals surface area contributed by atoms with Gasteiger partial charge >= 0.3 is 5.97 Å². The van der Waals surface area contributed by atoms with Gasteiger partial charge in [0.1, 0.15) is 17.5 Å². The van der Waals surface area contributed by atoms with Crippen molar-refractivity contribution in [2.24, 2.45) is 10.6 Å². The summed E-state index contributed by atoms with van der Waals surface area (Å²) in [5.74, 6) is -0.483. The van der Waals surface area contributed by atoms with E-state index in [1.54, 1.807) is 17.9 Å². The van der Waals surface area contributed by atoms with Gasteiger partial charge in [-0.15, -0.1) is 11.3 Å². The average Bonchev–Trinajstić information content (AvgIpc) is 3.02. The van der Waals surface area contributed by atoms with Gasteiger partial charge in [0.25, 0.3) is 0 Å². The normalized spacial score (nSPS) is 12.5. The van der Waals surface area contributed by atoms with E-state index in [4.69, 9.17) is 4.84 Å². The third-order valence-corrected chi connectivity index (χ3v) is 4.02. The molecule has 2 aromatic rings. The van der Waals surface area contributed by atoms with E-state index in [1.165, 1.54) is 17.7 Å². The molecule has 8 heteroatoms. The zero-order valence-electron chi connectivity index (χ0n) is 13.3. The third kappa shape index (κ3) is 3.97. The molecule has 0 bridgehead atoms. The smallest absolute Gasteiger partial charge is 0.312 e. The van der Waals surface area contributed by atoms with Crippen LogP contribution in [0.4, 0.5) is 0 Å². The van der Waals surface area contributed by atoms with Crippen LogP contribution in [-0.4, -0.2) is 31.4 Å². The molecule has 0 aliphatic carbocycles. The van der Waals surface area contributed by atoms with Gasteiger partial charge in [-0.2, -0.15) is 5.10 Å². The van der Waals surface area contributed by atoms with Crippen LogP contribution in [0.25, 0.3) is 0 Å². The first-order valence-electron chi connectivity index (χ1n) is 6.82. The highest BCUT2D eigenvalue weighted by Gasteiger charge is 2.22. The second-order valence-corrected chi connectivity index (χ2v) is 7.11. The van der Waals surface area contributed by atoms with Crippen LogP contribution < -0.4 is 0 Å². The topological polar surface area (TPSA) is 82.3 Å². The maximum absolute atomic E-state index is 12.1. The van der Waals surface area contributed by atoms with Crippen molar-refractivity contribution < 1.29 is 9.63 Å². The van der Waals surface area contributed by atoms with E-state index in [0.717, 1.165) is 5.01 Å². The molecule has 7 nitrogen and oxygen atoms in total. The molecule has 0 saturated carbocycles. The fraction of sp³-hybridized carbons (Fsp3) is 0.500. The predicted molar refractivity (Wildman–Crippen MR) is 83.9 cm³/mol. The molecule has 0 aliphatic rings. The molecule has 0 fully saturated rings. The fourth-order valence-electron chi connectivity index (χ4n) is 1.73. The van der Waals surface area contributed by atoms with Crippen LogP contribution in [0.1, 0.15) is 41.1 Å². The van der Waals surface area contributed by atoms with Crippen LogP contribution in [0, 0.1) is 19.3 Å². The number of carbonyl (C=O) groups is 1. The molecule has 0 amide bonds. The molecule has 0 atom stereocenters.